The number of unbranched alkanes of at least 4 members (excludes halogenated alkanes) is 1. The number of carbonyl (C=O) groups excluding carboxylic acids is 1. The Hall–Kier alpha value is -1.87. The minimum absolute atomic E-state index is 0.142. The van der Waals surface area contributed by atoms with E-state index in [1.807, 2.05) is 11.1 Å². The van der Waals surface area contributed by atoms with E-state index >= 15 is 0 Å². The third-order valence-electron chi connectivity index (χ3n) is 3.76. The van der Waals surface area contributed by atoms with E-state index in [-0.39, 0.29) is 11.9 Å². The summed E-state index contributed by atoms with van der Waals surface area (Å²) in [5.41, 5.74) is 0. The normalized spacial score (nSPS) is 19.8. The Morgan fingerprint density at radius 3 is 3.10 bits per heavy atom. The van der Waals surface area contributed by atoms with Gasteiger partial charge in [-0.25, -0.2) is 4.98 Å². The average molecular weight is 275 g/mol. The van der Waals surface area contributed by atoms with Crippen LogP contribution in [0.4, 0.5) is 0 Å². The highest BCUT2D eigenvalue weighted by Crippen LogP contribution is 2.23. The molecule has 1 aromatic heterocycles. The van der Waals surface area contributed by atoms with Crippen LogP contribution < -0.4 is 0 Å². The van der Waals surface area contributed by atoms with E-state index in [1.165, 1.54) is 0 Å². The third-order valence-corrected chi connectivity index (χ3v) is 3.76. The fraction of sp³-hybridized carbons (Fsp3) is 0.643. The standard InChI is InChI=1S/C14H21N5O/c1-2-18-9-10-19(13(20)5-3-4-6-15)11-12(18)14-16-7-8-17-14/h7-8,12H,2-5,9-11H2,1H3,(H,16,17). The lowest BCUT2D eigenvalue weighted by Gasteiger charge is -2.40. The van der Waals surface area contributed by atoms with E-state index in [4.69, 9.17) is 5.26 Å². The van der Waals surface area contributed by atoms with Crippen LogP contribution in [0.5, 0.6) is 0 Å². The number of nitrogens with one attached hydrogen (secondary N) is 1. The lowest BCUT2D eigenvalue weighted by molar-refractivity contribution is -0.134. The molecule has 1 aromatic rings. The van der Waals surface area contributed by atoms with Gasteiger partial charge in [-0.05, 0) is 13.0 Å². The van der Waals surface area contributed by atoms with Crippen molar-refractivity contribution in [2.45, 2.75) is 32.2 Å². The topological polar surface area (TPSA) is 76.0 Å². The highest BCUT2D eigenvalue weighted by Gasteiger charge is 2.30. The van der Waals surface area contributed by atoms with E-state index in [1.54, 1.807) is 6.20 Å². The number of hydrogen-bond acceptors (Lipinski definition) is 4. The molecule has 2 heterocycles. The van der Waals surface area contributed by atoms with E-state index in [2.05, 4.69) is 27.9 Å². The first kappa shape index (κ1) is 14.5. The molecule has 0 saturated carbocycles. The van der Waals surface area contributed by atoms with Crippen LogP contribution in [0, 0.1) is 11.3 Å². The van der Waals surface area contributed by atoms with E-state index in [0.29, 0.717) is 25.8 Å². The van der Waals surface area contributed by atoms with Crippen LogP contribution in [0.15, 0.2) is 12.4 Å². The average Bonchev–Trinajstić information content (AvgIpc) is 3.00. The second kappa shape index (κ2) is 7.06. The molecule has 1 amide bonds. The number of likely N-dealkylation sites (N-methyl/N-ethyl adjacent to an activating group) is 1. The Morgan fingerprint density at radius 2 is 2.45 bits per heavy atom. The molecule has 1 aliphatic rings. The largest absolute Gasteiger partial charge is 0.347 e. The molecule has 0 spiro atoms. The van der Waals surface area contributed by atoms with Gasteiger partial charge in [0.15, 0.2) is 0 Å². The van der Waals surface area contributed by atoms with Gasteiger partial charge in [-0.3, -0.25) is 9.69 Å². The molecule has 1 N–H and O–H groups in total. The first-order valence-electron chi connectivity index (χ1n) is 7.14. The van der Waals surface area contributed by atoms with Crippen molar-refractivity contribution in [2.75, 3.05) is 26.2 Å². The highest BCUT2D eigenvalue weighted by atomic mass is 16.2. The summed E-state index contributed by atoms with van der Waals surface area (Å²) in [4.78, 5) is 23.9. The van der Waals surface area contributed by atoms with Crippen LogP contribution in [0.3, 0.4) is 0 Å². The van der Waals surface area contributed by atoms with Crippen molar-refractivity contribution in [1.29, 1.82) is 5.26 Å². The summed E-state index contributed by atoms with van der Waals surface area (Å²) in [5.74, 6) is 1.06. The fourth-order valence-electron chi connectivity index (χ4n) is 2.62. The first-order chi connectivity index (χ1) is 9.76. The summed E-state index contributed by atoms with van der Waals surface area (Å²) >= 11 is 0. The molecular weight excluding hydrogens is 254 g/mol. The number of hydrogen-bond donors (Lipinski definition) is 1. The monoisotopic (exact) mass is 275 g/mol. The molecule has 108 valence electrons. The van der Waals surface area contributed by atoms with Gasteiger partial charge in [-0.2, -0.15) is 5.26 Å². The molecule has 0 aromatic carbocycles. The number of nitriles is 1. The van der Waals surface area contributed by atoms with Crippen molar-refractivity contribution in [3.63, 3.8) is 0 Å². The maximum Gasteiger partial charge on any atom is 0.222 e. The molecule has 20 heavy (non-hydrogen) atoms. The molecule has 6 heteroatoms. The van der Waals surface area contributed by atoms with Gasteiger partial charge in [0.1, 0.15) is 5.82 Å². The van der Waals surface area contributed by atoms with Crippen LogP contribution in [-0.2, 0) is 4.79 Å². The van der Waals surface area contributed by atoms with Crippen LogP contribution in [0.25, 0.3) is 0 Å². The minimum atomic E-state index is 0.142. The van der Waals surface area contributed by atoms with Crippen molar-refractivity contribution in [1.82, 2.24) is 19.8 Å². The van der Waals surface area contributed by atoms with Crippen molar-refractivity contribution in [3.8, 4) is 6.07 Å². The van der Waals surface area contributed by atoms with Crippen LogP contribution >= 0.6 is 0 Å². The number of piperazine rings is 1. The molecular formula is C14H21N5O. The molecule has 6 nitrogen and oxygen atoms in total. The SMILES string of the molecule is CCN1CCN(C(=O)CCCC#N)CC1c1ncc[nH]1. The number of nitrogens with zero attached hydrogens (tertiary/aromatic N) is 4. The maximum atomic E-state index is 12.2. The number of H-pyrrole nitrogens is 1. The zero-order chi connectivity index (χ0) is 14.4. The molecule has 0 bridgehead atoms. The second-order valence-corrected chi connectivity index (χ2v) is 4.97. The molecule has 1 unspecified atom stereocenters. The quantitative estimate of drug-likeness (QED) is 0.822. The Bertz CT molecular complexity index is 464. The smallest absolute Gasteiger partial charge is 0.222 e. The zero-order valence-electron chi connectivity index (χ0n) is 11.9. The summed E-state index contributed by atoms with van der Waals surface area (Å²) < 4.78 is 0. The van der Waals surface area contributed by atoms with Crippen LogP contribution in [0.2, 0.25) is 0 Å². The minimum Gasteiger partial charge on any atom is -0.347 e. The Morgan fingerprint density at radius 1 is 1.60 bits per heavy atom. The van der Waals surface area contributed by atoms with Crippen molar-refractivity contribution in [2.24, 2.45) is 0 Å². The lowest BCUT2D eigenvalue weighted by atomic mass is 10.1. The Labute approximate surface area is 119 Å². The molecule has 0 radical (unpaired) electrons. The van der Waals surface area contributed by atoms with Gasteiger partial charge in [0, 0.05) is 44.9 Å². The number of carbonyl (C=O) groups is 1. The molecule has 0 aliphatic carbocycles. The molecule has 1 fully saturated rings. The van der Waals surface area contributed by atoms with Crippen LogP contribution in [0.1, 0.15) is 38.1 Å². The van der Waals surface area contributed by atoms with Gasteiger partial charge in [-0.1, -0.05) is 6.92 Å². The lowest BCUT2D eigenvalue weighted by Crippen LogP contribution is -2.50. The summed E-state index contributed by atoms with van der Waals surface area (Å²) in [6.07, 6.45) is 5.12. The van der Waals surface area contributed by atoms with Gasteiger partial charge >= 0.3 is 0 Å². The van der Waals surface area contributed by atoms with Crippen molar-refractivity contribution < 1.29 is 4.79 Å². The van der Waals surface area contributed by atoms with E-state index in [0.717, 1.165) is 25.5 Å². The number of rotatable bonds is 5. The van der Waals surface area contributed by atoms with E-state index in [9.17, 15) is 4.79 Å². The predicted molar refractivity (Wildman–Crippen MR) is 74.6 cm³/mol. The van der Waals surface area contributed by atoms with Crippen LogP contribution in [-0.4, -0.2) is 51.9 Å². The summed E-state index contributed by atoms with van der Waals surface area (Å²) in [5, 5.41) is 8.53. The fourth-order valence-corrected chi connectivity index (χ4v) is 2.62. The van der Waals surface area contributed by atoms with E-state index < -0.39 is 0 Å². The summed E-state index contributed by atoms with van der Waals surface area (Å²) in [6.45, 7) is 5.37. The zero-order valence-corrected chi connectivity index (χ0v) is 11.9. The van der Waals surface area contributed by atoms with Gasteiger partial charge in [-0.15, -0.1) is 0 Å². The molecule has 1 aliphatic heterocycles. The second-order valence-electron chi connectivity index (χ2n) is 4.97. The molecule has 1 atom stereocenters. The van der Waals surface area contributed by atoms with Gasteiger partial charge in [0.2, 0.25) is 5.91 Å². The number of aromatic nitrogens is 2. The van der Waals surface area contributed by atoms with Gasteiger partial charge in [0.05, 0.1) is 12.1 Å². The van der Waals surface area contributed by atoms with Crippen molar-refractivity contribution >= 4 is 5.91 Å². The number of aromatic amines is 1. The first-order valence-corrected chi connectivity index (χ1v) is 7.14. The highest BCUT2D eigenvalue weighted by molar-refractivity contribution is 5.76. The van der Waals surface area contributed by atoms with Gasteiger partial charge in [0.25, 0.3) is 0 Å². The van der Waals surface area contributed by atoms with Gasteiger partial charge < -0.3 is 9.88 Å². The molecule has 1 saturated heterocycles. The number of amides is 1. The summed E-state index contributed by atoms with van der Waals surface area (Å²) in [7, 11) is 0. The number of imidazole rings is 1. The third kappa shape index (κ3) is 3.36. The summed E-state index contributed by atoms with van der Waals surface area (Å²) in [6, 6.07) is 2.22. The Kier molecular flexibility index (Phi) is 5.13. The Balaban J connectivity index is 1.97. The molecule has 2 rings (SSSR count). The maximum absolute atomic E-state index is 12.2. The predicted octanol–water partition coefficient (Wildman–Crippen LogP) is 1.31. The van der Waals surface area contributed by atoms with Crippen molar-refractivity contribution in [3.05, 3.63) is 18.2 Å².